The Morgan fingerprint density at radius 2 is 1.61 bits per heavy atom. The predicted octanol–water partition coefficient (Wildman–Crippen LogP) is 2.57. The van der Waals surface area contributed by atoms with Crippen LogP contribution in [0.4, 0.5) is 0 Å². The van der Waals surface area contributed by atoms with Gasteiger partial charge in [0.05, 0.1) is 5.66 Å². The van der Waals surface area contributed by atoms with Crippen molar-refractivity contribution in [3.8, 4) is 0 Å². The Kier molecular flexibility index (Phi) is 3.80. The summed E-state index contributed by atoms with van der Waals surface area (Å²) in [6.45, 7) is 2.08. The first kappa shape index (κ1) is 12.8. The van der Waals surface area contributed by atoms with Gasteiger partial charge in [-0.05, 0) is 25.1 Å². The summed E-state index contributed by atoms with van der Waals surface area (Å²) in [5.74, 6) is 0. The Morgan fingerprint density at radius 3 is 2.17 bits per heavy atom. The van der Waals surface area contributed by atoms with E-state index in [-0.39, 0.29) is 0 Å². The van der Waals surface area contributed by atoms with Crippen LogP contribution >= 0.6 is 0 Å². The average molecular weight is 240 g/mol. The third-order valence-electron chi connectivity index (χ3n) is 3.34. The fraction of sp³-hybridized carbons (Fsp3) is 0.250. The molecule has 2 aromatic rings. The van der Waals surface area contributed by atoms with Crippen LogP contribution in [-0.4, -0.2) is 7.05 Å². The summed E-state index contributed by atoms with van der Waals surface area (Å²) in [5.41, 5.74) is 9.56. The minimum absolute atomic E-state index is 0.519. The van der Waals surface area contributed by atoms with Crippen molar-refractivity contribution in [2.45, 2.75) is 19.0 Å². The minimum atomic E-state index is -0.519. The second-order valence-corrected chi connectivity index (χ2v) is 4.75. The summed E-state index contributed by atoms with van der Waals surface area (Å²) in [6, 6.07) is 18.7. The van der Waals surface area contributed by atoms with Crippen molar-refractivity contribution < 1.29 is 0 Å². The highest BCUT2D eigenvalue weighted by Crippen LogP contribution is 2.20. The van der Waals surface area contributed by atoms with Gasteiger partial charge in [-0.25, -0.2) is 0 Å². The van der Waals surface area contributed by atoms with Crippen LogP contribution in [0.2, 0.25) is 0 Å². The standard InChI is InChI=1S/C16H20N2/c1-13-8-10-15(11-9-13)16(17,18-2)12-14-6-4-3-5-7-14/h3-11,18H,12,17H2,1-2H3. The summed E-state index contributed by atoms with van der Waals surface area (Å²) >= 11 is 0. The van der Waals surface area contributed by atoms with Crippen LogP contribution in [0.5, 0.6) is 0 Å². The van der Waals surface area contributed by atoms with Crippen molar-refractivity contribution in [2.75, 3.05) is 7.05 Å². The maximum atomic E-state index is 6.49. The molecule has 18 heavy (non-hydrogen) atoms. The number of rotatable bonds is 4. The Labute approximate surface area is 109 Å². The van der Waals surface area contributed by atoms with Crippen molar-refractivity contribution in [1.29, 1.82) is 0 Å². The van der Waals surface area contributed by atoms with Crippen LogP contribution in [0.25, 0.3) is 0 Å². The predicted molar refractivity (Wildman–Crippen MR) is 76.3 cm³/mol. The van der Waals surface area contributed by atoms with E-state index in [1.54, 1.807) is 0 Å². The lowest BCUT2D eigenvalue weighted by molar-refractivity contribution is 0.372. The van der Waals surface area contributed by atoms with Gasteiger partial charge in [0.25, 0.3) is 0 Å². The fourth-order valence-corrected chi connectivity index (χ4v) is 2.10. The topological polar surface area (TPSA) is 38.0 Å². The van der Waals surface area contributed by atoms with E-state index >= 15 is 0 Å². The third-order valence-corrected chi connectivity index (χ3v) is 3.34. The fourth-order valence-electron chi connectivity index (χ4n) is 2.10. The molecule has 2 heteroatoms. The van der Waals surface area contributed by atoms with Crippen LogP contribution in [0.1, 0.15) is 16.7 Å². The van der Waals surface area contributed by atoms with Gasteiger partial charge in [0.1, 0.15) is 0 Å². The lowest BCUT2D eigenvalue weighted by Crippen LogP contribution is -2.50. The van der Waals surface area contributed by atoms with Crippen LogP contribution in [0.3, 0.4) is 0 Å². The van der Waals surface area contributed by atoms with E-state index in [0.29, 0.717) is 0 Å². The van der Waals surface area contributed by atoms with Crippen molar-refractivity contribution in [2.24, 2.45) is 5.73 Å². The molecule has 2 rings (SSSR count). The lowest BCUT2D eigenvalue weighted by Gasteiger charge is -2.30. The first-order valence-electron chi connectivity index (χ1n) is 6.23. The highest BCUT2D eigenvalue weighted by Gasteiger charge is 2.25. The molecule has 0 amide bonds. The smallest absolute Gasteiger partial charge is 0.0963 e. The van der Waals surface area contributed by atoms with Gasteiger partial charge in [0.2, 0.25) is 0 Å². The summed E-state index contributed by atoms with van der Waals surface area (Å²) in [7, 11) is 1.91. The van der Waals surface area contributed by atoms with Crippen LogP contribution < -0.4 is 11.1 Å². The van der Waals surface area contributed by atoms with Gasteiger partial charge < -0.3 is 5.73 Å². The van der Waals surface area contributed by atoms with E-state index in [2.05, 4.69) is 48.6 Å². The van der Waals surface area contributed by atoms with E-state index in [1.165, 1.54) is 11.1 Å². The zero-order valence-electron chi connectivity index (χ0n) is 11.0. The molecular formula is C16H20N2. The second-order valence-electron chi connectivity index (χ2n) is 4.75. The van der Waals surface area contributed by atoms with Gasteiger partial charge in [-0.3, -0.25) is 5.32 Å². The number of likely N-dealkylation sites (N-methyl/N-ethyl adjacent to an activating group) is 1. The molecule has 2 nitrogen and oxygen atoms in total. The minimum Gasteiger partial charge on any atom is -0.309 e. The van der Waals surface area contributed by atoms with E-state index in [0.717, 1.165) is 12.0 Å². The Morgan fingerprint density at radius 1 is 1.00 bits per heavy atom. The molecule has 0 aliphatic rings. The number of nitrogens with one attached hydrogen (secondary N) is 1. The van der Waals surface area contributed by atoms with E-state index in [1.807, 2.05) is 25.2 Å². The van der Waals surface area contributed by atoms with Gasteiger partial charge in [-0.2, -0.15) is 0 Å². The summed E-state index contributed by atoms with van der Waals surface area (Å²) in [6.07, 6.45) is 0.771. The summed E-state index contributed by atoms with van der Waals surface area (Å²) in [4.78, 5) is 0. The molecule has 0 heterocycles. The van der Waals surface area contributed by atoms with Gasteiger partial charge in [-0.1, -0.05) is 60.2 Å². The van der Waals surface area contributed by atoms with Gasteiger partial charge in [0, 0.05) is 6.42 Å². The molecule has 0 aliphatic heterocycles. The molecule has 0 bridgehead atoms. The zero-order chi connectivity index (χ0) is 13.0. The maximum Gasteiger partial charge on any atom is 0.0963 e. The second kappa shape index (κ2) is 5.34. The van der Waals surface area contributed by atoms with Crippen molar-refractivity contribution in [3.63, 3.8) is 0 Å². The molecule has 94 valence electrons. The monoisotopic (exact) mass is 240 g/mol. The van der Waals surface area contributed by atoms with E-state index in [9.17, 15) is 0 Å². The van der Waals surface area contributed by atoms with Gasteiger partial charge >= 0.3 is 0 Å². The van der Waals surface area contributed by atoms with E-state index in [4.69, 9.17) is 5.73 Å². The molecule has 0 radical (unpaired) electrons. The van der Waals surface area contributed by atoms with Crippen molar-refractivity contribution in [3.05, 3.63) is 71.3 Å². The number of hydrogen-bond acceptors (Lipinski definition) is 2. The molecule has 0 saturated heterocycles. The van der Waals surface area contributed by atoms with Gasteiger partial charge in [-0.15, -0.1) is 0 Å². The summed E-state index contributed by atoms with van der Waals surface area (Å²) < 4.78 is 0. The van der Waals surface area contributed by atoms with Crippen LogP contribution in [-0.2, 0) is 12.1 Å². The van der Waals surface area contributed by atoms with Crippen molar-refractivity contribution >= 4 is 0 Å². The molecule has 1 unspecified atom stereocenters. The summed E-state index contributed by atoms with van der Waals surface area (Å²) in [5, 5.41) is 3.24. The molecule has 0 saturated carbocycles. The molecule has 3 N–H and O–H groups in total. The van der Waals surface area contributed by atoms with Crippen LogP contribution in [0, 0.1) is 6.92 Å². The first-order chi connectivity index (χ1) is 8.64. The third kappa shape index (κ3) is 2.78. The highest BCUT2D eigenvalue weighted by molar-refractivity contribution is 5.30. The largest absolute Gasteiger partial charge is 0.309 e. The van der Waals surface area contributed by atoms with Gasteiger partial charge in [0.15, 0.2) is 0 Å². The molecule has 2 aromatic carbocycles. The molecular weight excluding hydrogens is 220 g/mol. The molecule has 0 aliphatic carbocycles. The molecule has 1 atom stereocenters. The molecule has 0 aromatic heterocycles. The maximum absolute atomic E-state index is 6.49. The van der Waals surface area contributed by atoms with Crippen LogP contribution in [0.15, 0.2) is 54.6 Å². The first-order valence-corrected chi connectivity index (χ1v) is 6.23. The quantitative estimate of drug-likeness (QED) is 0.806. The normalized spacial score (nSPS) is 14.2. The Balaban J connectivity index is 2.28. The SMILES string of the molecule is CNC(N)(Cc1ccccc1)c1ccc(C)cc1. The Hall–Kier alpha value is -1.64. The zero-order valence-corrected chi connectivity index (χ0v) is 11.0. The number of hydrogen-bond donors (Lipinski definition) is 2. The van der Waals surface area contributed by atoms with Crippen molar-refractivity contribution in [1.82, 2.24) is 5.32 Å². The lowest BCUT2D eigenvalue weighted by atomic mass is 9.92. The number of nitrogens with two attached hydrogens (primary N) is 1. The Bertz CT molecular complexity index is 490. The average Bonchev–Trinajstić information content (AvgIpc) is 2.40. The number of aryl methyl sites for hydroxylation is 1. The molecule has 0 fully saturated rings. The number of benzene rings is 2. The molecule has 0 spiro atoms. The highest BCUT2D eigenvalue weighted by atomic mass is 15.1. The van der Waals surface area contributed by atoms with E-state index < -0.39 is 5.66 Å².